The van der Waals surface area contributed by atoms with Crippen LogP contribution in [-0.4, -0.2) is 53.7 Å². The summed E-state index contributed by atoms with van der Waals surface area (Å²) in [5.41, 5.74) is 1.86. The van der Waals surface area contributed by atoms with Crippen LogP contribution in [0.15, 0.2) is 24.7 Å². The van der Waals surface area contributed by atoms with E-state index in [1.165, 1.54) is 0 Å². The first-order valence-corrected chi connectivity index (χ1v) is 7.29. The van der Waals surface area contributed by atoms with Gasteiger partial charge in [0.05, 0.1) is 18.8 Å². The SMILES string of the molecule is Cc1cc(N2CCOC(c3ccnc(N(C)C)n3)C2)ncn1. The van der Waals surface area contributed by atoms with E-state index in [4.69, 9.17) is 4.74 Å². The van der Waals surface area contributed by atoms with Crippen molar-refractivity contribution >= 4 is 11.8 Å². The van der Waals surface area contributed by atoms with Crippen molar-refractivity contribution in [2.75, 3.05) is 43.6 Å². The van der Waals surface area contributed by atoms with E-state index in [9.17, 15) is 0 Å². The molecule has 0 aromatic carbocycles. The predicted molar refractivity (Wildman–Crippen MR) is 84.0 cm³/mol. The Labute approximate surface area is 130 Å². The van der Waals surface area contributed by atoms with Gasteiger partial charge in [0.15, 0.2) is 0 Å². The van der Waals surface area contributed by atoms with Crippen molar-refractivity contribution in [3.05, 3.63) is 36.0 Å². The van der Waals surface area contributed by atoms with Crippen LogP contribution in [0.25, 0.3) is 0 Å². The Bertz CT molecular complexity index is 647. The Morgan fingerprint density at radius 1 is 1.27 bits per heavy atom. The molecule has 7 nitrogen and oxygen atoms in total. The van der Waals surface area contributed by atoms with Gasteiger partial charge in [-0.2, -0.15) is 0 Å². The Morgan fingerprint density at radius 2 is 2.14 bits per heavy atom. The lowest BCUT2D eigenvalue weighted by Crippen LogP contribution is -2.39. The Hall–Kier alpha value is -2.28. The van der Waals surface area contributed by atoms with E-state index < -0.39 is 0 Å². The summed E-state index contributed by atoms with van der Waals surface area (Å²) in [4.78, 5) is 21.4. The number of nitrogens with zero attached hydrogens (tertiary/aromatic N) is 6. The maximum Gasteiger partial charge on any atom is 0.225 e. The van der Waals surface area contributed by atoms with Gasteiger partial charge in [0.25, 0.3) is 0 Å². The third-order valence-corrected chi connectivity index (χ3v) is 3.57. The smallest absolute Gasteiger partial charge is 0.225 e. The third-order valence-electron chi connectivity index (χ3n) is 3.57. The van der Waals surface area contributed by atoms with Gasteiger partial charge in [-0.3, -0.25) is 0 Å². The molecule has 2 aromatic rings. The van der Waals surface area contributed by atoms with Gasteiger partial charge >= 0.3 is 0 Å². The largest absolute Gasteiger partial charge is 0.368 e. The summed E-state index contributed by atoms with van der Waals surface area (Å²) in [5.74, 6) is 1.62. The van der Waals surface area contributed by atoms with Crippen LogP contribution in [0.5, 0.6) is 0 Å². The molecular weight excluding hydrogens is 280 g/mol. The van der Waals surface area contributed by atoms with E-state index in [-0.39, 0.29) is 6.10 Å². The molecule has 2 aromatic heterocycles. The lowest BCUT2D eigenvalue weighted by atomic mass is 10.2. The number of anilines is 2. The molecule has 0 aliphatic carbocycles. The molecule has 1 aliphatic rings. The van der Waals surface area contributed by atoms with Gasteiger partial charge in [-0.15, -0.1) is 0 Å². The summed E-state index contributed by atoms with van der Waals surface area (Å²) in [6, 6.07) is 3.90. The molecule has 0 bridgehead atoms. The summed E-state index contributed by atoms with van der Waals surface area (Å²) >= 11 is 0. The topological polar surface area (TPSA) is 67.3 Å². The zero-order valence-corrected chi connectivity index (χ0v) is 13.1. The third kappa shape index (κ3) is 3.14. The normalized spacial score (nSPS) is 18.3. The summed E-state index contributed by atoms with van der Waals surface area (Å²) in [5, 5.41) is 0. The minimum Gasteiger partial charge on any atom is -0.368 e. The van der Waals surface area contributed by atoms with Crippen LogP contribution in [0, 0.1) is 6.92 Å². The van der Waals surface area contributed by atoms with Gasteiger partial charge in [-0.25, -0.2) is 19.9 Å². The molecule has 7 heteroatoms. The number of ether oxygens (including phenoxy) is 1. The van der Waals surface area contributed by atoms with E-state index in [0.29, 0.717) is 12.6 Å². The number of morpholine rings is 1. The molecule has 0 amide bonds. The number of hydrogen-bond donors (Lipinski definition) is 0. The summed E-state index contributed by atoms with van der Waals surface area (Å²) in [6.07, 6.45) is 3.30. The summed E-state index contributed by atoms with van der Waals surface area (Å²) < 4.78 is 5.89. The molecule has 0 radical (unpaired) electrons. The van der Waals surface area contributed by atoms with Crippen molar-refractivity contribution in [2.45, 2.75) is 13.0 Å². The van der Waals surface area contributed by atoms with Crippen molar-refractivity contribution in [2.24, 2.45) is 0 Å². The van der Waals surface area contributed by atoms with Gasteiger partial charge in [0.2, 0.25) is 5.95 Å². The van der Waals surface area contributed by atoms with Crippen LogP contribution < -0.4 is 9.80 Å². The predicted octanol–water partition coefficient (Wildman–Crippen LogP) is 1.22. The number of hydrogen-bond acceptors (Lipinski definition) is 7. The molecular formula is C15H20N6O. The van der Waals surface area contributed by atoms with Gasteiger partial charge in [-0.1, -0.05) is 0 Å². The fourth-order valence-corrected chi connectivity index (χ4v) is 2.41. The van der Waals surface area contributed by atoms with Gasteiger partial charge in [0, 0.05) is 38.6 Å². The Kier molecular flexibility index (Phi) is 4.15. The maximum atomic E-state index is 5.89. The quantitative estimate of drug-likeness (QED) is 0.844. The average Bonchev–Trinajstić information content (AvgIpc) is 2.55. The van der Waals surface area contributed by atoms with E-state index >= 15 is 0 Å². The maximum absolute atomic E-state index is 5.89. The van der Waals surface area contributed by atoms with E-state index in [0.717, 1.165) is 30.3 Å². The summed E-state index contributed by atoms with van der Waals surface area (Å²) in [6.45, 7) is 4.16. The second-order valence-electron chi connectivity index (χ2n) is 5.50. The lowest BCUT2D eigenvalue weighted by Gasteiger charge is -2.33. The van der Waals surface area contributed by atoms with Gasteiger partial charge in [-0.05, 0) is 13.0 Å². The Balaban J connectivity index is 1.79. The molecule has 1 saturated heterocycles. The first-order valence-electron chi connectivity index (χ1n) is 7.29. The highest BCUT2D eigenvalue weighted by Crippen LogP contribution is 2.24. The van der Waals surface area contributed by atoms with Crippen LogP contribution in [0.3, 0.4) is 0 Å². The van der Waals surface area contributed by atoms with Crippen LogP contribution in [0.1, 0.15) is 17.5 Å². The fraction of sp³-hybridized carbons (Fsp3) is 0.467. The average molecular weight is 300 g/mol. The van der Waals surface area contributed by atoms with E-state index in [1.54, 1.807) is 12.5 Å². The molecule has 22 heavy (non-hydrogen) atoms. The Morgan fingerprint density at radius 3 is 2.91 bits per heavy atom. The molecule has 3 rings (SSSR count). The number of aromatic nitrogens is 4. The second-order valence-corrected chi connectivity index (χ2v) is 5.50. The van der Waals surface area contributed by atoms with Crippen molar-refractivity contribution in [1.29, 1.82) is 0 Å². The fourth-order valence-electron chi connectivity index (χ4n) is 2.41. The van der Waals surface area contributed by atoms with Crippen LogP contribution >= 0.6 is 0 Å². The highest BCUT2D eigenvalue weighted by atomic mass is 16.5. The summed E-state index contributed by atoms with van der Waals surface area (Å²) in [7, 11) is 3.85. The molecule has 0 N–H and O–H groups in total. The molecule has 0 saturated carbocycles. The molecule has 1 fully saturated rings. The minimum absolute atomic E-state index is 0.0780. The van der Waals surface area contributed by atoms with Crippen LogP contribution in [0.4, 0.5) is 11.8 Å². The van der Waals surface area contributed by atoms with E-state index in [2.05, 4.69) is 24.8 Å². The number of aryl methyl sites for hydroxylation is 1. The molecule has 1 atom stereocenters. The molecule has 3 heterocycles. The standard InChI is InChI=1S/C15H20N6O/c1-11-8-14(18-10-17-11)21-6-7-22-13(9-21)12-4-5-16-15(19-12)20(2)3/h4-5,8,10,13H,6-7,9H2,1-3H3. The monoisotopic (exact) mass is 300 g/mol. The van der Waals surface area contributed by atoms with Gasteiger partial charge in [0.1, 0.15) is 18.2 Å². The lowest BCUT2D eigenvalue weighted by molar-refractivity contribution is 0.0367. The molecule has 1 aliphatic heterocycles. The van der Waals surface area contributed by atoms with Crippen LogP contribution in [-0.2, 0) is 4.74 Å². The van der Waals surface area contributed by atoms with Crippen LogP contribution in [0.2, 0.25) is 0 Å². The van der Waals surface area contributed by atoms with Crippen molar-refractivity contribution in [3.63, 3.8) is 0 Å². The number of rotatable bonds is 3. The van der Waals surface area contributed by atoms with Crippen molar-refractivity contribution in [1.82, 2.24) is 19.9 Å². The van der Waals surface area contributed by atoms with Gasteiger partial charge < -0.3 is 14.5 Å². The molecule has 0 spiro atoms. The minimum atomic E-state index is -0.0780. The highest BCUT2D eigenvalue weighted by molar-refractivity contribution is 5.40. The van der Waals surface area contributed by atoms with Crippen molar-refractivity contribution < 1.29 is 4.74 Å². The molecule has 1 unspecified atom stereocenters. The van der Waals surface area contributed by atoms with E-state index in [1.807, 2.05) is 38.1 Å². The first-order chi connectivity index (χ1) is 10.6. The first kappa shape index (κ1) is 14.6. The zero-order chi connectivity index (χ0) is 15.5. The second kappa shape index (κ2) is 6.23. The zero-order valence-electron chi connectivity index (χ0n) is 13.1. The molecule has 116 valence electrons. The van der Waals surface area contributed by atoms with Crippen molar-refractivity contribution in [3.8, 4) is 0 Å². The highest BCUT2D eigenvalue weighted by Gasteiger charge is 2.24.